The van der Waals surface area contributed by atoms with Gasteiger partial charge in [-0.25, -0.2) is 0 Å². The molecule has 1 amide bonds. The van der Waals surface area contributed by atoms with Gasteiger partial charge in [-0.2, -0.15) is 0 Å². The van der Waals surface area contributed by atoms with E-state index in [9.17, 15) is 4.79 Å². The van der Waals surface area contributed by atoms with Crippen molar-refractivity contribution in [2.24, 2.45) is 0 Å². The van der Waals surface area contributed by atoms with Gasteiger partial charge in [0.25, 0.3) is 0 Å². The number of nitrogens with one attached hydrogen (secondary N) is 1. The third-order valence-corrected chi connectivity index (χ3v) is 6.51. The molecule has 8 heteroatoms. The fourth-order valence-electron chi connectivity index (χ4n) is 3.29. The summed E-state index contributed by atoms with van der Waals surface area (Å²) in [5, 5.41) is 12.2. The summed E-state index contributed by atoms with van der Waals surface area (Å²) in [6, 6.07) is 8.31. The zero-order chi connectivity index (χ0) is 18.5. The second-order valence-electron chi connectivity index (χ2n) is 6.42. The van der Waals surface area contributed by atoms with Crippen molar-refractivity contribution in [3.05, 3.63) is 24.3 Å². The predicted molar refractivity (Wildman–Crippen MR) is 107 cm³/mol. The van der Waals surface area contributed by atoms with Crippen molar-refractivity contribution >= 4 is 39.8 Å². The topological polar surface area (TPSA) is 67.3 Å². The Morgan fingerprint density at radius 2 is 2.04 bits per heavy atom. The lowest BCUT2D eigenvalue weighted by Crippen LogP contribution is -2.48. The summed E-state index contributed by atoms with van der Waals surface area (Å²) < 4.78 is 6.11. The van der Waals surface area contributed by atoms with Gasteiger partial charge in [0.2, 0.25) is 11.0 Å². The van der Waals surface area contributed by atoms with E-state index in [0.717, 1.165) is 28.6 Å². The molecule has 0 radical (unpaired) electrons. The minimum atomic E-state index is 0.184. The molecule has 1 aliphatic rings. The Balaban J connectivity index is 1.57. The summed E-state index contributed by atoms with van der Waals surface area (Å²) in [6.45, 7) is 4.27. The third kappa shape index (κ3) is 4.48. The van der Waals surface area contributed by atoms with Gasteiger partial charge in [0, 0.05) is 12.1 Å². The number of amides is 1. The van der Waals surface area contributed by atoms with Crippen molar-refractivity contribution in [1.29, 1.82) is 0 Å². The van der Waals surface area contributed by atoms with Crippen molar-refractivity contribution in [2.45, 2.75) is 49.5 Å². The number of methoxy groups -OCH3 is 1. The highest BCUT2D eigenvalue weighted by molar-refractivity contribution is 8.01. The van der Waals surface area contributed by atoms with Crippen LogP contribution in [0.2, 0.25) is 0 Å². The molecule has 0 saturated carbocycles. The monoisotopic (exact) mass is 392 g/mol. The zero-order valence-electron chi connectivity index (χ0n) is 15.3. The molecule has 1 aromatic heterocycles. The van der Waals surface area contributed by atoms with Crippen LogP contribution in [0.4, 0.5) is 10.8 Å². The number of para-hydroxylation sites is 2. The third-order valence-electron chi connectivity index (χ3n) is 4.56. The van der Waals surface area contributed by atoms with Crippen LogP contribution in [0.1, 0.15) is 33.1 Å². The standard InChI is InChI=1S/C18H24N4O2S2/c1-12-7-6-8-13(2)22(12)16(23)11-25-18-21-20-17(26-18)19-14-9-4-5-10-15(14)24-3/h4-5,9-10,12-13H,6-8,11H2,1-3H3,(H,19,20). The van der Waals surface area contributed by atoms with Gasteiger partial charge in [-0.15, -0.1) is 10.2 Å². The molecule has 0 aliphatic carbocycles. The molecular weight excluding hydrogens is 368 g/mol. The quantitative estimate of drug-likeness (QED) is 0.744. The van der Waals surface area contributed by atoms with E-state index in [4.69, 9.17) is 4.74 Å². The van der Waals surface area contributed by atoms with Crippen LogP contribution in [0, 0.1) is 0 Å². The molecule has 2 atom stereocenters. The summed E-state index contributed by atoms with van der Waals surface area (Å²) in [4.78, 5) is 14.6. The fourth-order valence-corrected chi connectivity index (χ4v) is 4.93. The van der Waals surface area contributed by atoms with Gasteiger partial charge in [0.05, 0.1) is 18.6 Å². The Labute approximate surface area is 162 Å². The van der Waals surface area contributed by atoms with Gasteiger partial charge in [0.1, 0.15) is 5.75 Å². The van der Waals surface area contributed by atoms with Crippen LogP contribution in [0.15, 0.2) is 28.6 Å². The Morgan fingerprint density at radius 3 is 2.77 bits per heavy atom. The number of carbonyl (C=O) groups excluding carboxylic acids is 1. The van der Waals surface area contributed by atoms with Gasteiger partial charge in [-0.3, -0.25) is 4.79 Å². The smallest absolute Gasteiger partial charge is 0.233 e. The molecule has 0 bridgehead atoms. The minimum Gasteiger partial charge on any atom is -0.495 e. The van der Waals surface area contributed by atoms with Gasteiger partial charge in [0.15, 0.2) is 4.34 Å². The maximum absolute atomic E-state index is 12.6. The van der Waals surface area contributed by atoms with E-state index in [-0.39, 0.29) is 5.91 Å². The Bertz CT molecular complexity index is 742. The average molecular weight is 393 g/mol. The second kappa shape index (κ2) is 8.73. The number of nitrogens with zero attached hydrogens (tertiary/aromatic N) is 3. The second-order valence-corrected chi connectivity index (χ2v) is 8.62. The van der Waals surface area contributed by atoms with Gasteiger partial charge in [-0.05, 0) is 45.2 Å². The van der Waals surface area contributed by atoms with Gasteiger partial charge >= 0.3 is 0 Å². The van der Waals surface area contributed by atoms with Gasteiger partial charge < -0.3 is 15.0 Å². The minimum absolute atomic E-state index is 0.184. The van der Waals surface area contributed by atoms with Crippen LogP contribution in [0.5, 0.6) is 5.75 Å². The number of hydrogen-bond acceptors (Lipinski definition) is 7. The normalized spacial score (nSPS) is 20.0. The van der Waals surface area contributed by atoms with Crippen molar-refractivity contribution in [2.75, 3.05) is 18.2 Å². The number of piperidine rings is 1. The lowest BCUT2D eigenvalue weighted by Gasteiger charge is -2.39. The number of ether oxygens (including phenoxy) is 1. The number of aromatic nitrogens is 2. The molecule has 140 valence electrons. The molecule has 3 rings (SSSR count). The van der Waals surface area contributed by atoms with E-state index in [0.29, 0.717) is 23.0 Å². The first-order valence-electron chi connectivity index (χ1n) is 8.76. The van der Waals surface area contributed by atoms with Crippen molar-refractivity contribution < 1.29 is 9.53 Å². The Morgan fingerprint density at radius 1 is 1.31 bits per heavy atom. The molecule has 26 heavy (non-hydrogen) atoms. The number of benzene rings is 1. The highest BCUT2D eigenvalue weighted by Gasteiger charge is 2.28. The van der Waals surface area contributed by atoms with E-state index in [2.05, 4.69) is 29.4 Å². The maximum Gasteiger partial charge on any atom is 0.233 e. The number of anilines is 2. The molecule has 1 aliphatic heterocycles. The Hall–Kier alpha value is -1.80. The first kappa shape index (κ1) is 19.0. The van der Waals surface area contributed by atoms with Crippen LogP contribution in [-0.4, -0.2) is 46.0 Å². The summed E-state index contributed by atoms with van der Waals surface area (Å²) in [6.07, 6.45) is 3.38. The molecule has 6 nitrogen and oxygen atoms in total. The van der Waals surface area contributed by atoms with Gasteiger partial charge in [-0.1, -0.05) is 35.2 Å². The predicted octanol–water partition coefficient (Wildman–Crippen LogP) is 4.17. The summed E-state index contributed by atoms with van der Waals surface area (Å²) >= 11 is 2.89. The molecule has 1 saturated heterocycles. The zero-order valence-corrected chi connectivity index (χ0v) is 16.9. The largest absolute Gasteiger partial charge is 0.495 e. The van der Waals surface area contributed by atoms with E-state index < -0.39 is 0 Å². The lowest BCUT2D eigenvalue weighted by molar-refractivity contribution is -0.134. The molecule has 0 spiro atoms. The number of thioether (sulfide) groups is 1. The van der Waals surface area contributed by atoms with Crippen molar-refractivity contribution in [3.63, 3.8) is 0 Å². The summed E-state index contributed by atoms with van der Waals surface area (Å²) in [7, 11) is 1.64. The first-order valence-corrected chi connectivity index (χ1v) is 10.6. The van der Waals surface area contributed by atoms with E-state index in [1.807, 2.05) is 29.2 Å². The van der Waals surface area contributed by atoms with Crippen LogP contribution in [0.3, 0.4) is 0 Å². The molecule has 2 unspecified atom stereocenters. The van der Waals surface area contributed by atoms with Crippen molar-refractivity contribution in [1.82, 2.24) is 15.1 Å². The molecule has 1 N–H and O–H groups in total. The first-order chi connectivity index (χ1) is 12.6. The van der Waals surface area contributed by atoms with Crippen LogP contribution < -0.4 is 10.1 Å². The number of rotatable bonds is 6. The Kier molecular flexibility index (Phi) is 6.37. The number of hydrogen-bond donors (Lipinski definition) is 1. The number of likely N-dealkylation sites (tertiary alicyclic amines) is 1. The molecule has 2 aromatic rings. The van der Waals surface area contributed by atoms with Crippen molar-refractivity contribution in [3.8, 4) is 5.75 Å². The fraction of sp³-hybridized carbons (Fsp3) is 0.500. The molecular formula is C18H24N4O2S2. The number of carbonyl (C=O) groups is 1. The maximum atomic E-state index is 12.6. The van der Waals surface area contributed by atoms with Crippen LogP contribution >= 0.6 is 23.1 Å². The molecule has 1 fully saturated rings. The van der Waals surface area contributed by atoms with Crippen LogP contribution in [0.25, 0.3) is 0 Å². The summed E-state index contributed by atoms with van der Waals surface area (Å²) in [5.41, 5.74) is 0.842. The molecule has 2 heterocycles. The highest BCUT2D eigenvalue weighted by Crippen LogP contribution is 2.32. The lowest BCUT2D eigenvalue weighted by atomic mass is 9.98. The van der Waals surface area contributed by atoms with E-state index in [1.165, 1.54) is 29.5 Å². The van der Waals surface area contributed by atoms with Crippen LogP contribution in [-0.2, 0) is 4.79 Å². The SMILES string of the molecule is COc1ccccc1Nc1nnc(SCC(=O)N2C(C)CCCC2C)s1. The average Bonchev–Trinajstić information content (AvgIpc) is 3.08. The molecule has 1 aromatic carbocycles. The van der Waals surface area contributed by atoms with E-state index >= 15 is 0 Å². The summed E-state index contributed by atoms with van der Waals surface area (Å²) in [5.74, 6) is 1.34. The van der Waals surface area contributed by atoms with E-state index in [1.54, 1.807) is 7.11 Å². The highest BCUT2D eigenvalue weighted by atomic mass is 32.2.